The van der Waals surface area contributed by atoms with Crippen molar-refractivity contribution in [1.82, 2.24) is 15.3 Å². The molecule has 138 valence electrons. The fourth-order valence-electron chi connectivity index (χ4n) is 3.19. The molecule has 0 bridgehead atoms. The van der Waals surface area contributed by atoms with E-state index in [0.717, 1.165) is 11.1 Å². The molecule has 1 aliphatic rings. The topological polar surface area (TPSA) is 78.4 Å². The summed E-state index contributed by atoms with van der Waals surface area (Å²) in [6, 6.07) is 9.74. The van der Waals surface area contributed by atoms with Gasteiger partial charge >= 0.3 is 0 Å². The van der Waals surface area contributed by atoms with Crippen LogP contribution in [0.25, 0.3) is 0 Å². The van der Waals surface area contributed by atoms with Crippen molar-refractivity contribution in [1.29, 1.82) is 0 Å². The Morgan fingerprint density at radius 1 is 1.27 bits per heavy atom. The molecular formula is C20H26N4O2. The van der Waals surface area contributed by atoms with Gasteiger partial charge in [0.1, 0.15) is 5.60 Å². The summed E-state index contributed by atoms with van der Waals surface area (Å²) in [5.74, 6) is 0.513. The summed E-state index contributed by atoms with van der Waals surface area (Å²) in [6.07, 6.45) is 3.94. The van der Waals surface area contributed by atoms with Crippen molar-refractivity contribution in [3.05, 3.63) is 53.9 Å². The molecule has 1 aromatic carbocycles. The number of nitrogens with one attached hydrogen (secondary N) is 1. The minimum absolute atomic E-state index is 0.0933. The lowest BCUT2D eigenvalue weighted by Crippen LogP contribution is -2.49. The summed E-state index contributed by atoms with van der Waals surface area (Å²) < 4.78 is 0. The molecule has 2 N–H and O–H groups in total. The van der Waals surface area contributed by atoms with Crippen LogP contribution < -0.4 is 10.2 Å². The molecule has 2 aromatic rings. The summed E-state index contributed by atoms with van der Waals surface area (Å²) in [4.78, 5) is 23.1. The van der Waals surface area contributed by atoms with Gasteiger partial charge < -0.3 is 15.3 Å². The van der Waals surface area contributed by atoms with Crippen LogP contribution >= 0.6 is 0 Å². The Morgan fingerprint density at radius 3 is 2.58 bits per heavy atom. The molecule has 1 aromatic heterocycles. The van der Waals surface area contributed by atoms with Gasteiger partial charge in [-0.1, -0.05) is 29.8 Å². The summed E-state index contributed by atoms with van der Waals surface area (Å²) in [5, 5.41) is 13.8. The van der Waals surface area contributed by atoms with Crippen LogP contribution in [-0.2, 0) is 10.2 Å². The Hall–Kier alpha value is -2.47. The first-order valence-electron chi connectivity index (χ1n) is 8.90. The van der Waals surface area contributed by atoms with Crippen LogP contribution in [0.1, 0.15) is 31.4 Å². The summed E-state index contributed by atoms with van der Waals surface area (Å²) in [7, 11) is 0. The van der Waals surface area contributed by atoms with Crippen molar-refractivity contribution in [3.63, 3.8) is 0 Å². The second kappa shape index (κ2) is 7.03. The van der Waals surface area contributed by atoms with Gasteiger partial charge in [0.2, 0.25) is 11.9 Å². The average Bonchev–Trinajstić information content (AvgIpc) is 3.03. The standard InChI is InChI=1S/C20H26N4O2/c1-15-5-7-16(8-6-15)19(2,3)17(25)23-13-20(26)9-12-24(14-20)18-21-10-4-11-22-18/h4-8,10-11,26H,9,12-14H2,1-3H3,(H,23,25)/t20-/m1/s1. The minimum atomic E-state index is -0.974. The predicted molar refractivity (Wildman–Crippen MR) is 101 cm³/mol. The van der Waals surface area contributed by atoms with E-state index in [9.17, 15) is 9.90 Å². The highest BCUT2D eigenvalue weighted by Gasteiger charge is 2.39. The number of carbonyl (C=O) groups excluding carboxylic acids is 1. The molecule has 0 saturated carbocycles. The van der Waals surface area contributed by atoms with E-state index in [1.807, 2.05) is 49.9 Å². The molecule has 26 heavy (non-hydrogen) atoms. The number of nitrogens with zero attached hydrogens (tertiary/aromatic N) is 3. The molecule has 0 aliphatic carbocycles. The minimum Gasteiger partial charge on any atom is -0.386 e. The highest BCUT2D eigenvalue weighted by atomic mass is 16.3. The Morgan fingerprint density at radius 2 is 1.92 bits per heavy atom. The van der Waals surface area contributed by atoms with Crippen LogP contribution in [0, 0.1) is 6.92 Å². The second-order valence-electron chi connectivity index (χ2n) is 7.62. The number of aryl methyl sites for hydroxylation is 1. The van der Waals surface area contributed by atoms with Crippen LogP contribution in [0.15, 0.2) is 42.7 Å². The molecular weight excluding hydrogens is 328 g/mol. The monoisotopic (exact) mass is 354 g/mol. The zero-order chi connectivity index (χ0) is 18.8. The Balaban J connectivity index is 1.61. The summed E-state index contributed by atoms with van der Waals surface area (Å²) in [6.45, 7) is 7.10. The molecule has 2 heterocycles. The molecule has 3 rings (SSSR count). The van der Waals surface area contributed by atoms with Crippen molar-refractivity contribution < 1.29 is 9.90 Å². The molecule has 6 heteroatoms. The number of anilines is 1. The molecule has 0 radical (unpaired) electrons. The first kappa shape index (κ1) is 18.3. The Kier molecular flexibility index (Phi) is 4.96. The lowest BCUT2D eigenvalue weighted by atomic mass is 9.83. The van der Waals surface area contributed by atoms with Crippen molar-refractivity contribution >= 4 is 11.9 Å². The smallest absolute Gasteiger partial charge is 0.230 e. The molecule has 6 nitrogen and oxygen atoms in total. The number of hydrogen-bond acceptors (Lipinski definition) is 5. The number of hydrogen-bond donors (Lipinski definition) is 2. The molecule has 0 spiro atoms. The second-order valence-corrected chi connectivity index (χ2v) is 7.62. The number of rotatable bonds is 5. The highest BCUT2D eigenvalue weighted by Crippen LogP contribution is 2.26. The van der Waals surface area contributed by atoms with Crippen LogP contribution in [0.2, 0.25) is 0 Å². The van der Waals surface area contributed by atoms with Crippen molar-refractivity contribution in [2.75, 3.05) is 24.5 Å². The third-order valence-electron chi connectivity index (χ3n) is 5.09. The van der Waals surface area contributed by atoms with Gasteiger partial charge in [-0.05, 0) is 38.8 Å². The number of benzene rings is 1. The van der Waals surface area contributed by atoms with Gasteiger partial charge in [0.15, 0.2) is 0 Å². The molecule has 0 unspecified atom stereocenters. The maximum absolute atomic E-state index is 12.7. The van der Waals surface area contributed by atoms with Crippen LogP contribution in [0.5, 0.6) is 0 Å². The van der Waals surface area contributed by atoms with Gasteiger partial charge in [0.05, 0.1) is 12.0 Å². The predicted octanol–water partition coefficient (Wildman–Crippen LogP) is 1.82. The third-order valence-corrected chi connectivity index (χ3v) is 5.09. The van der Waals surface area contributed by atoms with E-state index in [-0.39, 0.29) is 12.5 Å². The number of amides is 1. The van der Waals surface area contributed by atoms with E-state index < -0.39 is 11.0 Å². The number of aromatic nitrogens is 2. The van der Waals surface area contributed by atoms with Crippen LogP contribution in [-0.4, -0.2) is 46.2 Å². The zero-order valence-corrected chi connectivity index (χ0v) is 15.6. The first-order chi connectivity index (χ1) is 12.3. The SMILES string of the molecule is Cc1ccc(C(C)(C)C(=O)NC[C@]2(O)CCN(c3ncccn3)C2)cc1. The number of carbonyl (C=O) groups is 1. The van der Waals surface area contributed by atoms with E-state index in [0.29, 0.717) is 25.5 Å². The fraction of sp³-hybridized carbons (Fsp3) is 0.450. The molecule has 1 atom stereocenters. The van der Waals surface area contributed by atoms with Gasteiger partial charge in [0, 0.05) is 25.5 Å². The Labute approximate surface area is 154 Å². The zero-order valence-electron chi connectivity index (χ0n) is 15.6. The first-order valence-corrected chi connectivity index (χ1v) is 8.90. The summed E-state index contributed by atoms with van der Waals surface area (Å²) in [5.41, 5.74) is 0.482. The number of aliphatic hydroxyl groups is 1. The third kappa shape index (κ3) is 3.85. The van der Waals surface area contributed by atoms with Gasteiger partial charge in [-0.15, -0.1) is 0 Å². The average molecular weight is 354 g/mol. The maximum atomic E-state index is 12.7. The highest BCUT2D eigenvalue weighted by molar-refractivity contribution is 5.87. The van der Waals surface area contributed by atoms with Crippen molar-refractivity contribution in [2.24, 2.45) is 0 Å². The van der Waals surface area contributed by atoms with E-state index in [1.165, 1.54) is 0 Å². The molecule has 1 saturated heterocycles. The molecule has 1 amide bonds. The van der Waals surface area contributed by atoms with Gasteiger partial charge in [-0.2, -0.15) is 0 Å². The van der Waals surface area contributed by atoms with Crippen molar-refractivity contribution in [3.8, 4) is 0 Å². The summed E-state index contributed by atoms with van der Waals surface area (Å²) >= 11 is 0. The van der Waals surface area contributed by atoms with E-state index in [1.54, 1.807) is 18.5 Å². The maximum Gasteiger partial charge on any atom is 0.230 e. The van der Waals surface area contributed by atoms with E-state index >= 15 is 0 Å². The van der Waals surface area contributed by atoms with E-state index in [4.69, 9.17) is 0 Å². The van der Waals surface area contributed by atoms with Gasteiger partial charge in [0.25, 0.3) is 0 Å². The molecule has 1 fully saturated rings. The van der Waals surface area contributed by atoms with Gasteiger partial charge in [-0.3, -0.25) is 4.79 Å². The Bertz CT molecular complexity index is 761. The van der Waals surface area contributed by atoms with Crippen LogP contribution in [0.3, 0.4) is 0 Å². The fourth-order valence-corrected chi connectivity index (χ4v) is 3.19. The molecule has 1 aliphatic heterocycles. The van der Waals surface area contributed by atoms with Crippen molar-refractivity contribution in [2.45, 2.75) is 38.2 Å². The lowest BCUT2D eigenvalue weighted by molar-refractivity contribution is -0.126. The largest absolute Gasteiger partial charge is 0.386 e. The van der Waals surface area contributed by atoms with E-state index in [2.05, 4.69) is 15.3 Å². The normalized spacial score (nSPS) is 20.2. The quantitative estimate of drug-likeness (QED) is 0.856. The van der Waals surface area contributed by atoms with Gasteiger partial charge in [-0.25, -0.2) is 9.97 Å². The number of β-amino-alcohol motifs (C(OH)–C–C–N with tert-alkyl or cyclic N) is 1. The lowest BCUT2D eigenvalue weighted by Gasteiger charge is -2.28. The van der Waals surface area contributed by atoms with Crippen LogP contribution in [0.4, 0.5) is 5.95 Å².